The van der Waals surface area contributed by atoms with Crippen LogP contribution >= 0.6 is 22.7 Å². The molecule has 0 aliphatic heterocycles. The fourth-order valence-electron chi connectivity index (χ4n) is 3.38. The van der Waals surface area contributed by atoms with Crippen molar-refractivity contribution in [2.75, 3.05) is 0 Å². The molecule has 1 aliphatic carbocycles. The van der Waals surface area contributed by atoms with E-state index < -0.39 is 12.1 Å². The van der Waals surface area contributed by atoms with E-state index in [2.05, 4.69) is 16.9 Å². The van der Waals surface area contributed by atoms with E-state index in [1.807, 2.05) is 13.0 Å². The second-order valence-corrected chi connectivity index (χ2v) is 9.31. The number of hydrogen-bond acceptors (Lipinski definition) is 6. The zero-order valence-corrected chi connectivity index (χ0v) is 16.6. The van der Waals surface area contributed by atoms with Crippen molar-refractivity contribution in [3.05, 3.63) is 48.5 Å². The first-order valence-corrected chi connectivity index (χ1v) is 10.4. The maximum absolute atomic E-state index is 12.7. The van der Waals surface area contributed by atoms with Gasteiger partial charge in [-0.3, -0.25) is 4.79 Å². The number of aromatic nitrogens is 2. The number of nitrogens with one attached hydrogen (secondary N) is 1. The monoisotopic (exact) mass is 388 g/mol. The number of nitrogens with zero attached hydrogens (tertiary/aromatic N) is 1. The highest BCUT2D eigenvalue weighted by molar-refractivity contribution is 7.18. The number of aryl methyl sites for hydroxylation is 2. The SMILES string of the molecule is Cc1ccc(C(=O)O[C@@H](C)c2nc3sc4c(c3c(=O)[nH]2)CC[C@H](C)C4)s1. The van der Waals surface area contributed by atoms with Crippen LogP contribution in [-0.2, 0) is 17.6 Å². The molecule has 2 atom stereocenters. The number of carbonyl (C=O) groups is 1. The molecule has 7 heteroatoms. The minimum absolute atomic E-state index is 0.132. The van der Waals surface area contributed by atoms with Gasteiger partial charge >= 0.3 is 5.97 Å². The second kappa shape index (κ2) is 6.63. The minimum atomic E-state index is -0.611. The van der Waals surface area contributed by atoms with Gasteiger partial charge in [0.05, 0.1) is 5.39 Å². The zero-order chi connectivity index (χ0) is 18.4. The number of ether oxygens (including phenoxy) is 1. The number of thiophene rings is 2. The van der Waals surface area contributed by atoms with Gasteiger partial charge in [0.15, 0.2) is 11.9 Å². The number of rotatable bonds is 3. The number of aromatic amines is 1. The molecule has 0 saturated heterocycles. The van der Waals surface area contributed by atoms with Gasteiger partial charge in [0.1, 0.15) is 9.71 Å². The van der Waals surface area contributed by atoms with Crippen LogP contribution in [0.2, 0.25) is 0 Å². The van der Waals surface area contributed by atoms with Crippen LogP contribution in [0.3, 0.4) is 0 Å². The van der Waals surface area contributed by atoms with Crippen molar-refractivity contribution >= 4 is 38.9 Å². The second-order valence-electron chi connectivity index (χ2n) is 6.94. The average Bonchev–Trinajstić information content (AvgIpc) is 3.17. The summed E-state index contributed by atoms with van der Waals surface area (Å²) in [5.74, 6) is 0.650. The molecule has 3 heterocycles. The molecular formula is C19H20N2O3S2. The maximum atomic E-state index is 12.7. The first kappa shape index (κ1) is 17.4. The van der Waals surface area contributed by atoms with Crippen LogP contribution < -0.4 is 5.56 Å². The van der Waals surface area contributed by atoms with Crippen molar-refractivity contribution in [3.63, 3.8) is 0 Å². The van der Waals surface area contributed by atoms with E-state index in [9.17, 15) is 9.59 Å². The summed E-state index contributed by atoms with van der Waals surface area (Å²) >= 11 is 2.99. The van der Waals surface area contributed by atoms with E-state index >= 15 is 0 Å². The Kier molecular flexibility index (Phi) is 4.44. The number of fused-ring (bicyclic) bond motifs is 3. The molecule has 0 unspecified atom stereocenters. The highest BCUT2D eigenvalue weighted by atomic mass is 32.1. The van der Waals surface area contributed by atoms with Crippen LogP contribution in [0.5, 0.6) is 0 Å². The molecule has 5 nitrogen and oxygen atoms in total. The van der Waals surface area contributed by atoms with E-state index in [0.717, 1.165) is 34.5 Å². The molecule has 0 bridgehead atoms. The molecule has 136 valence electrons. The quantitative estimate of drug-likeness (QED) is 0.675. The third kappa shape index (κ3) is 3.10. The lowest BCUT2D eigenvalue weighted by Gasteiger charge is -2.17. The van der Waals surface area contributed by atoms with Gasteiger partial charge in [-0.25, -0.2) is 9.78 Å². The summed E-state index contributed by atoms with van der Waals surface area (Å²) < 4.78 is 5.50. The van der Waals surface area contributed by atoms with Crippen molar-refractivity contribution in [1.82, 2.24) is 9.97 Å². The molecule has 0 radical (unpaired) electrons. The van der Waals surface area contributed by atoms with Crippen molar-refractivity contribution in [2.45, 2.75) is 46.1 Å². The third-order valence-corrected chi connectivity index (χ3v) is 6.92. The van der Waals surface area contributed by atoms with Gasteiger partial charge in [-0.1, -0.05) is 6.92 Å². The fourth-order valence-corrected chi connectivity index (χ4v) is 5.52. The molecule has 1 N–H and O–H groups in total. The van der Waals surface area contributed by atoms with Crippen LogP contribution in [-0.4, -0.2) is 15.9 Å². The fraction of sp³-hybridized carbons (Fsp3) is 0.421. The van der Waals surface area contributed by atoms with Gasteiger partial charge < -0.3 is 9.72 Å². The number of H-pyrrole nitrogens is 1. The predicted molar refractivity (Wildman–Crippen MR) is 104 cm³/mol. The molecule has 0 amide bonds. The maximum Gasteiger partial charge on any atom is 0.349 e. The molecule has 4 rings (SSSR count). The van der Waals surface area contributed by atoms with Crippen LogP contribution in [0.25, 0.3) is 10.2 Å². The van der Waals surface area contributed by atoms with Crippen molar-refractivity contribution in [2.24, 2.45) is 5.92 Å². The smallest absolute Gasteiger partial charge is 0.349 e. The Bertz CT molecular complexity index is 1050. The summed E-state index contributed by atoms with van der Waals surface area (Å²) in [6, 6.07) is 3.64. The molecule has 0 aromatic carbocycles. The van der Waals surface area contributed by atoms with Crippen molar-refractivity contribution in [1.29, 1.82) is 0 Å². The van der Waals surface area contributed by atoms with E-state index in [1.165, 1.54) is 16.2 Å². The highest BCUT2D eigenvalue weighted by Crippen LogP contribution is 2.36. The van der Waals surface area contributed by atoms with E-state index in [0.29, 0.717) is 22.0 Å². The zero-order valence-electron chi connectivity index (χ0n) is 14.9. The number of esters is 1. The van der Waals surface area contributed by atoms with Gasteiger partial charge in [0, 0.05) is 9.75 Å². The van der Waals surface area contributed by atoms with Gasteiger partial charge in [0.2, 0.25) is 0 Å². The Morgan fingerprint density at radius 2 is 2.19 bits per heavy atom. The summed E-state index contributed by atoms with van der Waals surface area (Å²) in [5, 5.41) is 0.716. The van der Waals surface area contributed by atoms with E-state index in [4.69, 9.17) is 4.74 Å². The van der Waals surface area contributed by atoms with E-state index in [-0.39, 0.29) is 5.56 Å². The van der Waals surface area contributed by atoms with Crippen LogP contribution in [0.1, 0.15) is 57.2 Å². The summed E-state index contributed by atoms with van der Waals surface area (Å²) in [4.78, 5) is 36.0. The van der Waals surface area contributed by atoms with Crippen LogP contribution in [0.15, 0.2) is 16.9 Å². The molecule has 3 aromatic heterocycles. The molecule has 1 aliphatic rings. The number of hydrogen-bond donors (Lipinski definition) is 1. The average molecular weight is 389 g/mol. The first-order valence-electron chi connectivity index (χ1n) is 8.74. The molecule has 0 saturated carbocycles. The molecule has 26 heavy (non-hydrogen) atoms. The summed E-state index contributed by atoms with van der Waals surface area (Å²) in [5.41, 5.74) is 1.02. The molecule has 3 aromatic rings. The first-order chi connectivity index (χ1) is 12.4. The van der Waals surface area contributed by atoms with Crippen LogP contribution in [0.4, 0.5) is 0 Å². The normalized spacial score (nSPS) is 17.9. The van der Waals surface area contributed by atoms with Gasteiger partial charge in [0.25, 0.3) is 5.56 Å². The van der Waals surface area contributed by atoms with Gasteiger partial charge in [-0.05, 0) is 56.7 Å². The summed E-state index contributed by atoms with van der Waals surface area (Å²) in [6.45, 7) is 5.92. The lowest BCUT2D eigenvalue weighted by Crippen LogP contribution is -2.18. The molecular weight excluding hydrogens is 368 g/mol. The number of carbonyl (C=O) groups excluding carboxylic acids is 1. The van der Waals surface area contributed by atoms with Gasteiger partial charge in [-0.2, -0.15) is 0 Å². The Balaban J connectivity index is 1.64. The van der Waals surface area contributed by atoms with Crippen LogP contribution in [0, 0.1) is 12.8 Å². The summed E-state index contributed by atoms with van der Waals surface area (Å²) in [6.07, 6.45) is 2.44. The Hall–Kier alpha value is -1.99. The Labute approximate surface area is 159 Å². The topological polar surface area (TPSA) is 72.0 Å². The predicted octanol–water partition coefficient (Wildman–Crippen LogP) is 4.40. The Morgan fingerprint density at radius 1 is 1.38 bits per heavy atom. The minimum Gasteiger partial charge on any atom is -0.450 e. The molecule has 0 spiro atoms. The van der Waals surface area contributed by atoms with Crippen molar-refractivity contribution < 1.29 is 9.53 Å². The van der Waals surface area contributed by atoms with Gasteiger partial charge in [-0.15, -0.1) is 22.7 Å². The summed E-state index contributed by atoms with van der Waals surface area (Å²) in [7, 11) is 0. The Morgan fingerprint density at radius 3 is 2.92 bits per heavy atom. The van der Waals surface area contributed by atoms with Crippen molar-refractivity contribution in [3.8, 4) is 0 Å². The lowest BCUT2D eigenvalue weighted by molar-refractivity contribution is 0.0326. The largest absolute Gasteiger partial charge is 0.450 e. The van der Waals surface area contributed by atoms with E-state index in [1.54, 1.807) is 24.3 Å². The lowest BCUT2D eigenvalue weighted by atomic mass is 9.89. The highest BCUT2D eigenvalue weighted by Gasteiger charge is 2.24. The standard InChI is InChI=1S/C19H20N2O3S2/c1-9-4-6-12-14(8-9)26-18-15(12)17(22)20-16(21-18)11(3)24-19(23)13-7-5-10(2)25-13/h5,7,9,11H,4,6,8H2,1-3H3,(H,20,21,22)/t9-,11-/m0/s1. The molecule has 0 fully saturated rings. The third-order valence-electron chi connectivity index (χ3n) is 4.79.